The van der Waals surface area contributed by atoms with Gasteiger partial charge < -0.3 is 15.4 Å². The van der Waals surface area contributed by atoms with Gasteiger partial charge in [0.2, 0.25) is 11.7 Å². The zero-order valence-corrected chi connectivity index (χ0v) is 17.6. The van der Waals surface area contributed by atoms with Crippen LogP contribution in [0.1, 0.15) is 31.1 Å². The molecule has 31 heavy (non-hydrogen) atoms. The summed E-state index contributed by atoms with van der Waals surface area (Å²) in [6, 6.07) is 4.97. The molecular formula is C20H21F2N7O2. The van der Waals surface area contributed by atoms with Crippen molar-refractivity contribution in [1.29, 1.82) is 0 Å². The van der Waals surface area contributed by atoms with Crippen molar-refractivity contribution in [2.75, 3.05) is 17.7 Å². The van der Waals surface area contributed by atoms with Gasteiger partial charge in [-0.25, -0.2) is 19.9 Å². The van der Waals surface area contributed by atoms with Crippen LogP contribution in [0.4, 0.5) is 26.1 Å². The van der Waals surface area contributed by atoms with Crippen LogP contribution in [0.3, 0.4) is 0 Å². The Balaban J connectivity index is 2.12. The molecule has 2 N–H and O–H groups in total. The number of carbonyl (C=O) groups is 1. The number of ether oxygens (including phenoxy) is 1. The van der Waals surface area contributed by atoms with E-state index in [1.807, 2.05) is 0 Å². The second-order valence-electron chi connectivity index (χ2n) is 6.91. The number of aryl methyl sites for hydroxylation is 2. The lowest BCUT2D eigenvalue weighted by Gasteiger charge is -2.16. The van der Waals surface area contributed by atoms with E-state index >= 15 is 0 Å². The van der Waals surface area contributed by atoms with Crippen LogP contribution in [0.25, 0.3) is 11.3 Å². The van der Waals surface area contributed by atoms with Crippen LogP contribution in [0.5, 0.6) is 6.01 Å². The predicted octanol–water partition coefficient (Wildman–Crippen LogP) is 3.77. The quantitative estimate of drug-likeness (QED) is 0.609. The molecule has 0 aliphatic carbocycles. The molecule has 3 heterocycles. The van der Waals surface area contributed by atoms with Gasteiger partial charge in [-0.05, 0) is 19.9 Å². The molecule has 0 radical (unpaired) electrons. The summed E-state index contributed by atoms with van der Waals surface area (Å²) in [5.74, 6) is -3.70. The third kappa shape index (κ3) is 5.44. The van der Waals surface area contributed by atoms with Crippen LogP contribution in [-0.4, -0.2) is 37.9 Å². The number of amides is 1. The Morgan fingerprint density at radius 2 is 1.74 bits per heavy atom. The Labute approximate surface area is 177 Å². The number of methoxy groups -OCH3 is 1. The molecule has 0 saturated heterocycles. The van der Waals surface area contributed by atoms with Crippen LogP contribution in [-0.2, 0) is 10.7 Å². The maximum atomic E-state index is 13.8. The van der Waals surface area contributed by atoms with Gasteiger partial charge in [0.15, 0.2) is 0 Å². The number of nitrogens with one attached hydrogen (secondary N) is 2. The molecule has 0 bridgehead atoms. The second kappa shape index (κ2) is 8.54. The van der Waals surface area contributed by atoms with Gasteiger partial charge in [0, 0.05) is 49.1 Å². The highest BCUT2D eigenvalue weighted by Crippen LogP contribution is 2.32. The lowest BCUT2D eigenvalue weighted by atomic mass is 10.1. The molecule has 3 rings (SSSR count). The summed E-state index contributed by atoms with van der Waals surface area (Å²) >= 11 is 0. The van der Waals surface area contributed by atoms with Gasteiger partial charge in [0.25, 0.3) is 0 Å². The fraction of sp³-hybridized carbons (Fsp3) is 0.300. The van der Waals surface area contributed by atoms with Gasteiger partial charge >= 0.3 is 11.9 Å². The molecular weight excluding hydrogens is 408 g/mol. The summed E-state index contributed by atoms with van der Waals surface area (Å²) in [6.45, 7) is 5.46. The summed E-state index contributed by atoms with van der Waals surface area (Å²) in [6.07, 6.45) is 1.50. The highest BCUT2D eigenvalue weighted by molar-refractivity contribution is 5.89. The van der Waals surface area contributed by atoms with Crippen molar-refractivity contribution < 1.29 is 18.3 Å². The smallest absolute Gasteiger partial charge is 0.316 e. The molecule has 0 fully saturated rings. The first-order chi connectivity index (χ1) is 14.5. The molecule has 0 saturated carbocycles. The van der Waals surface area contributed by atoms with Crippen LogP contribution >= 0.6 is 0 Å². The van der Waals surface area contributed by atoms with Crippen LogP contribution < -0.4 is 15.4 Å². The minimum absolute atomic E-state index is 0.156. The fourth-order valence-corrected chi connectivity index (χ4v) is 2.75. The van der Waals surface area contributed by atoms with Crippen molar-refractivity contribution in [3.05, 3.63) is 41.6 Å². The minimum Gasteiger partial charge on any atom is -0.467 e. The van der Waals surface area contributed by atoms with E-state index in [1.165, 1.54) is 26.3 Å². The Kier molecular flexibility index (Phi) is 6.04. The zero-order chi connectivity index (χ0) is 22.8. The predicted molar refractivity (Wildman–Crippen MR) is 110 cm³/mol. The molecule has 3 aromatic rings. The highest BCUT2D eigenvalue weighted by Gasteiger charge is 2.29. The average Bonchev–Trinajstić information content (AvgIpc) is 2.66. The first-order valence-electron chi connectivity index (χ1n) is 9.24. The Morgan fingerprint density at radius 1 is 1.03 bits per heavy atom. The van der Waals surface area contributed by atoms with Gasteiger partial charge in [0.05, 0.1) is 18.5 Å². The van der Waals surface area contributed by atoms with E-state index in [0.29, 0.717) is 28.3 Å². The molecule has 11 heteroatoms. The number of anilines is 3. The first kappa shape index (κ1) is 21.9. The van der Waals surface area contributed by atoms with Crippen molar-refractivity contribution >= 4 is 23.2 Å². The number of pyridine rings is 1. The van der Waals surface area contributed by atoms with Crippen LogP contribution in [0, 0.1) is 13.8 Å². The Hall–Kier alpha value is -3.76. The maximum Gasteiger partial charge on any atom is 0.316 e. The molecule has 9 nitrogen and oxygen atoms in total. The third-order valence-electron chi connectivity index (χ3n) is 4.01. The highest BCUT2D eigenvalue weighted by atomic mass is 19.3. The minimum atomic E-state index is -3.21. The Bertz CT molecular complexity index is 1130. The number of carbonyl (C=O) groups excluding carboxylic acids is 1. The van der Waals surface area contributed by atoms with Crippen LogP contribution in [0.15, 0.2) is 24.4 Å². The lowest BCUT2D eigenvalue weighted by Crippen LogP contribution is -2.14. The maximum absolute atomic E-state index is 13.8. The zero-order valence-electron chi connectivity index (χ0n) is 17.6. The van der Waals surface area contributed by atoms with Crippen molar-refractivity contribution in [1.82, 2.24) is 24.9 Å². The summed E-state index contributed by atoms with van der Waals surface area (Å²) in [5.41, 5.74) is 2.47. The number of hydrogen-bond acceptors (Lipinski definition) is 8. The number of aromatic nitrogens is 5. The van der Waals surface area contributed by atoms with Crippen molar-refractivity contribution in [3.8, 4) is 17.3 Å². The van der Waals surface area contributed by atoms with Gasteiger partial charge in [0.1, 0.15) is 11.6 Å². The topological polar surface area (TPSA) is 115 Å². The van der Waals surface area contributed by atoms with Gasteiger partial charge in [-0.2, -0.15) is 13.8 Å². The Morgan fingerprint density at radius 3 is 2.39 bits per heavy atom. The second-order valence-corrected chi connectivity index (χ2v) is 6.91. The number of hydrogen-bond donors (Lipinski definition) is 2. The monoisotopic (exact) mass is 429 g/mol. The van der Waals surface area contributed by atoms with E-state index < -0.39 is 11.7 Å². The summed E-state index contributed by atoms with van der Waals surface area (Å²) in [5, 5.41) is 5.61. The van der Waals surface area contributed by atoms with E-state index in [-0.39, 0.29) is 23.6 Å². The van der Waals surface area contributed by atoms with Crippen LogP contribution in [0.2, 0.25) is 0 Å². The van der Waals surface area contributed by atoms with Gasteiger partial charge in [-0.15, -0.1) is 0 Å². The number of rotatable bonds is 6. The molecule has 3 aromatic heterocycles. The third-order valence-corrected chi connectivity index (χ3v) is 4.01. The molecule has 0 atom stereocenters. The van der Waals surface area contributed by atoms with E-state index in [4.69, 9.17) is 4.74 Å². The standard InChI is InChI=1S/C20H21F2N7O2/c1-10-6-14(28-19(25-10)31-5)13-9-23-16(26-12(3)30)8-15(13)27-17-7-11(2)24-18(29-17)20(4,21)22/h6-9H,1-5H3,(H2,23,24,26,27,29,30). The summed E-state index contributed by atoms with van der Waals surface area (Å²) in [4.78, 5) is 31.9. The molecule has 1 amide bonds. The largest absolute Gasteiger partial charge is 0.467 e. The normalized spacial score (nSPS) is 11.2. The van der Waals surface area contributed by atoms with E-state index in [1.54, 1.807) is 26.0 Å². The summed E-state index contributed by atoms with van der Waals surface area (Å²) < 4.78 is 32.7. The SMILES string of the molecule is COc1nc(C)cc(-c2cnc(NC(C)=O)cc2Nc2cc(C)nc(C(C)(F)F)n2)n1. The number of alkyl halides is 2. The lowest BCUT2D eigenvalue weighted by molar-refractivity contribution is -0.114. The summed E-state index contributed by atoms with van der Waals surface area (Å²) in [7, 11) is 1.45. The first-order valence-corrected chi connectivity index (χ1v) is 9.24. The van der Waals surface area contributed by atoms with E-state index in [0.717, 1.165) is 6.92 Å². The van der Waals surface area contributed by atoms with Crippen molar-refractivity contribution in [2.45, 2.75) is 33.6 Å². The average molecular weight is 429 g/mol. The molecule has 0 unspecified atom stereocenters. The number of halogens is 2. The molecule has 0 aliphatic heterocycles. The molecule has 0 spiro atoms. The van der Waals surface area contributed by atoms with E-state index in [9.17, 15) is 13.6 Å². The fourth-order valence-electron chi connectivity index (χ4n) is 2.75. The molecule has 0 aliphatic rings. The molecule has 162 valence electrons. The number of nitrogens with zero attached hydrogens (tertiary/aromatic N) is 5. The van der Waals surface area contributed by atoms with Crippen molar-refractivity contribution in [2.24, 2.45) is 0 Å². The van der Waals surface area contributed by atoms with Gasteiger partial charge in [-0.3, -0.25) is 4.79 Å². The van der Waals surface area contributed by atoms with Crippen molar-refractivity contribution in [3.63, 3.8) is 0 Å². The van der Waals surface area contributed by atoms with E-state index in [2.05, 4.69) is 35.6 Å². The molecule has 0 aromatic carbocycles. The van der Waals surface area contributed by atoms with Gasteiger partial charge in [-0.1, -0.05) is 0 Å².